The molecule has 2 rings (SSSR count). The van der Waals surface area contributed by atoms with Crippen LogP contribution in [0.25, 0.3) is 0 Å². The lowest BCUT2D eigenvalue weighted by Gasteiger charge is -2.29. The molecule has 6 heteroatoms. The first-order valence-corrected chi connectivity index (χ1v) is 7.75. The number of hydrogen-bond donors (Lipinski definition) is 2. The Kier molecular flexibility index (Phi) is 5.26. The summed E-state index contributed by atoms with van der Waals surface area (Å²) in [5, 5.41) is 12.4. The Hall–Kier alpha value is -2.08. The molecule has 0 radical (unpaired) electrons. The van der Waals surface area contributed by atoms with E-state index in [1.165, 1.54) is 0 Å². The molecule has 1 atom stereocenters. The van der Waals surface area contributed by atoms with E-state index in [0.29, 0.717) is 37.6 Å². The molecule has 1 aliphatic heterocycles. The predicted molar refractivity (Wildman–Crippen MR) is 87.7 cm³/mol. The number of carboxylic acids is 1. The number of morpholine rings is 1. The van der Waals surface area contributed by atoms with E-state index in [0.717, 1.165) is 0 Å². The molecule has 6 nitrogen and oxygen atoms in total. The van der Waals surface area contributed by atoms with Gasteiger partial charge in [0.05, 0.1) is 13.2 Å². The monoisotopic (exact) mass is 320 g/mol. The quantitative estimate of drug-likeness (QED) is 0.888. The lowest BCUT2D eigenvalue weighted by Crippen LogP contribution is -2.41. The van der Waals surface area contributed by atoms with Crippen molar-refractivity contribution in [1.82, 2.24) is 4.90 Å². The molecule has 1 saturated heterocycles. The number of aliphatic carboxylic acids is 1. The molecule has 0 aromatic heterocycles. The number of carbonyl (C=O) groups is 2. The van der Waals surface area contributed by atoms with Crippen molar-refractivity contribution in [3.05, 3.63) is 29.8 Å². The summed E-state index contributed by atoms with van der Waals surface area (Å²) in [6, 6.07) is 6.23. The molecule has 0 aliphatic carbocycles. The first kappa shape index (κ1) is 17.3. The van der Waals surface area contributed by atoms with Crippen molar-refractivity contribution in [2.24, 2.45) is 5.41 Å². The van der Waals surface area contributed by atoms with Crippen molar-refractivity contribution in [3.8, 4) is 0 Å². The van der Waals surface area contributed by atoms with Crippen molar-refractivity contribution in [3.63, 3.8) is 0 Å². The molecule has 126 valence electrons. The number of amides is 1. The van der Waals surface area contributed by atoms with Gasteiger partial charge in [-0.1, -0.05) is 20.8 Å². The number of hydrogen-bond acceptors (Lipinski definition) is 4. The van der Waals surface area contributed by atoms with Crippen LogP contribution in [-0.2, 0) is 9.53 Å². The van der Waals surface area contributed by atoms with Gasteiger partial charge in [0, 0.05) is 24.3 Å². The van der Waals surface area contributed by atoms with Gasteiger partial charge < -0.3 is 20.1 Å². The Morgan fingerprint density at radius 3 is 2.22 bits per heavy atom. The van der Waals surface area contributed by atoms with Gasteiger partial charge >= 0.3 is 5.97 Å². The first-order valence-electron chi connectivity index (χ1n) is 7.75. The molecule has 1 heterocycles. The van der Waals surface area contributed by atoms with Gasteiger partial charge in [-0.25, -0.2) is 4.79 Å². The minimum atomic E-state index is -0.897. The van der Waals surface area contributed by atoms with Crippen LogP contribution < -0.4 is 5.32 Å². The van der Waals surface area contributed by atoms with E-state index in [9.17, 15) is 14.7 Å². The van der Waals surface area contributed by atoms with E-state index in [-0.39, 0.29) is 5.91 Å². The minimum absolute atomic E-state index is 0.0227. The SMILES string of the molecule is CC(C)(C)C(Nc1ccc(C(=O)N2CCOCC2)cc1)C(=O)O. The van der Waals surface area contributed by atoms with Gasteiger partial charge in [0.15, 0.2) is 0 Å². The summed E-state index contributed by atoms with van der Waals surface area (Å²) >= 11 is 0. The van der Waals surface area contributed by atoms with E-state index >= 15 is 0 Å². The molecular formula is C17H24N2O4. The molecule has 1 unspecified atom stereocenters. The molecule has 2 N–H and O–H groups in total. The zero-order valence-corrected chi connectivity index (χ0v) is 13.8. The van der Waals surface area contributed by atoms with E-state index in [1.807, 2.05) is 20.8 Å². The van der Waals surface area contributed by atoms with Gasteiger partial charge in [0.1, 0.15) is 6.04 Å². The summed E-state index contributed by atoms with van der Waals surface area (Å²) in [7, 11) is 0. The molecule has 0 saturated carbocycles. The maximum Gasteiger partial charge on any atom is 0.326 e. The van der Waals surface area contributed by atoms with Crippen LogP contribution in [0.3, 0.4) is 0 Å². The molecule has 1 aromatic carbocycles. The maximum absolute atomic E-state index is 12.4. The van der Waals surface area contributed by atoms with Crippen molar-refractivity contribution in [2.45, 2.75) is 26.8 Å². The van der Waals surface area contributed by atoms with Crippen molar-refractivity contribution in [1.29, 1.82) is 0 Å². The second-order valence-electron chi connectivity index (χ2n) is 6.76. The van der Waals surface area contributed by atoms with Crippen LogP contribution in [0.2, 0.25) is 0 Å². The Balaban J connectivity index is 2.06. The minimum Gasteiger partial charge on any atom is -0.480 e. The smallest absolute Gasteiger partial charge is 0.326 e. The van der Waals surface area contributed by atoms with Crippen LogP contribution in [0.5, 0.6) is 0 Å². The highest BCUT2D eigenvalue weighted by Gasteiger charge is 2.31. The third kappa shape index (κ3) is 4.45. The van der Waals surface area contributed by atoms with E-state index < -0.39 is 17.4 Å². The van der Waals surface area contributed by atoms with Gasteiger partial charge in [0.25, 0.3) is 5.91 Å². The lowest BCUT2D eigenvalue weighted by molar-refractivity contribution is -0.140. The Morgan fingerprint density at radius 1 is 1.17 bits per heavy atom. The van der Waals surface area contributed by atoms with Crippen LogP contribution in [0, 0.1) is 5.41 Å². The van der Waals surface area contributed by atoms with Gasteiger partial charge in [-0.05, 0) is 29.7 Å². The first-order chi connectivity index (χ1) is 10.8. The summed E-state index contributed by atoms with van der Waals surface area (Å²) in [6.07, 6.45) is 0. The highest BCUT2D eigenvalue weighted by atomic mass is 16.5. The summed E-state index contributed by atoms with van der Waals surface area (Å²) in [5.74, 6) is -0.920. The molecule has 1 amide bonds. The van der Waals surface area contributed by atoms with Gasteiger partial charge in [-0.15, -0.1) is 0 Å². The van der Waals surface area contributed by atoms with Crippen molar-refractivity contribution in [2.75, 3.05) is 31.6 Å². The normalized spacial score (nSPS) is 16.7. The number of rotatable bonds is 4. The summed E-state index contributed by atoms with van der Waals surface area (Å²) in [4.78, 5) is 25.5. The van der Waals surface area contributed by atoms with Crippen LogP contribution in [0.4, 0.5) is 5.69 Å². The van der Waals surface area contributed by atoms with Crippen LogP contribution in [0.1, 0.15) is 31.1 Å². The molecule has 1 fully saturated rings. The molecule has 23 heavy (non-hydrogen) atoms. The number of carbonyl (C=O) groups excluding carboxylic acids is 1. The highest BCUT2D eigenvalue weighted by Crippen LogP contribution is 2.24. The topological polar surface area (TPSA) is 78.9 Å². The van der Waals surface area contributed by atoms with Crippen LogP contribution in [-0.4, -0.2) is 54.2 Å². The zero-order chi connectivity index (χ0) is 17.0. The average molecular weight is 320 g/mol. The fraction of sp³-hybridized carbons (Fsp3) is 0.529. The third-order valence-corrected chi connectivity index (χ3v) is 3.85. The van der Waals surface area contributed by atoms with Gasteiger partial charge in [0.2, 0.25) is 0 Å². The average Bonchev–Trinajstić information content (AvgIpc) is 2.52. The van der Waals surface area contributed by atoms with E-state index in [2.05, 4.69) is 5.32 Å². The van der Waals surface area contributed by atoms with Crippen molar-refractivity contribution >= 4 is 17.6 Å². The second kappa shape index (κ2) is 7.00. The number of nitrogens with one attached hydrogen (secondary N) is 1. The molecule has 1 aliphatic rings. The Bertz CT molecular complexity index is 557. The molecule has 0 spiro atoms. The maximum atomic E-state index is 12.4. The highest BCUT2D eigenvalue weighted by molar-refractivity contribution is 5.94. The van der Waals surface area contributed by atoms with E-state index in [4.69, 9.17) is 4.74 Å². The van der Waals surface area contributed by atoms with Crippen LogP contribution in [0.15, 0.2) is 24.3 Å². The Labute approximate surface area is 136 Å². The fourth-order valence-corrected chi connectivity index (χ4v) is 2.47. The number of benzene rings is 1. The number of anilines is 1. The summed E-state index contributed by atoms with van der Waals surface area (Å²) in [5.41, 5.74) is 0.861. The third-order valence-electron chi connectivity index (χ3n) is 3.85. The summed E-state index contributed by atoms with van der Waals surface area (Å²) < 4.78 is 5.24. The predicted octanol–water partition coefficient (Wildman–Crippen LogP) is 2.07. The fourth-order valence-electron chi connectivity index (χ4n) is 2.47. The molecular weight excluding hydrogens is 296 g/mol. The second-order valence-corrected chi connectivity index (χ2v) is 6.76. The number of ether oxygens (including phenoxy) is 1. The van der Waals surface area contributed by atoms with Crippen molar-refractivity contribution < 1.29 is 19.4 Å². The largest absolute Gasteiger partial charge is 0.480 e. The summed E-state index contributed by atoms with van der Waals surface area (Å²) in [6.45, 7) is 7.95. The zero-order valence-electron chi connectivity index (χ0n) is 13.8. The van der Waals surface area contributed by atoms with Gasteiger partial charge in [-0.3, -0.25) is 4.79 Å². The number of nitrogens with zero attached hydrogens (tertiary/aromatic N) is 1. The van der Waals surface area contributed by atoms with E-state index in [1.54, 1.807) is 29.2 Å². The number of carboxylic acid groups (broad SMARTS) is 1. The lowest BCUT2D eigenvalue weighted by atomic mass is 9.86. The standard InChI is InChI=1S/C17H24N2O4/c1-17(2,3)14(16(21)22)18-13-6-4-12(5-7-13)15(20)19-8-10-23-11-9-19/h4-7,14,18H,8-11H2,1-3H3,(H,21,22). The van der Waals surface area contributed by atoms with Crippen LogP contribution >= 0.6 is 0 Å². The Morgan fingerprint density at radius 2 is 1.74 bits per heavy atom. The van der Waals surface area contributed by atoms with Gasteiger partial charge in [-0.2, -0.15) is 0 Å². The molecule has 1 aromatic rings. The molecule has 0 bridgehead atoms.